The predicted molar refractivity (Wildman–Crippen MR) is 180 cm³/mol. The molecule has 0 spiro atoms. The lowest BCUT2D eigenvalue weighted by Crippen LogP contribution is -2.37. The highest BCUT2D eigenvalue weighted by atomic mass is 19.1. The molecule has 2 N–H and O–H groups in total. The van der Waals surface area contributed by atoms with E-state index in [2.05, 4.69) is 27.5 Å². The summed E-state index contributed by atoms with van der Waals surface area (Å²) in [6, 6.07) is 13.1. The van der Waals surface area contributed by atoms with Crippen molar-refractivity contribution in [3.05, 3.63) is 70.3 Å². The molecule has 10 nitrogen and oxygen atoms in total. The highest BCUT2D eigenvalue weighted by molar-refractivity contribution is 6.07. The number of carbonyl (C=O) groups is 1. The zero-order chi connectivity index (χ0) is 32.1. The molecule has 244 valence electrons. The maximum atomic E-state index is 16.0. The molecule has 0 bridgehead atoms. The van der Waals surface area contributed by atoms with E-state index in [0.717, 1.165) is 81.4 Å². The molecule has 0 radical (unpaired) electrons. The fourth-order valence-electron chi connectivity index (χ4n) is 7.29. The van der Waals surface area contributed by atoms with Gasteiger partial charge in [0.1, 0.15) is 27.9 Å². The Hall–Kier alpha value is -4.45. The number of ether oxygens (including phenoxy) is 2. The van der Waals surface area contributed by atoms with Crippen LogP contribution in [0, 0.1) is 5.82 Å². The lowest BCUT2D eigenvalue weighted by molar-refractivity contribution is 0.0378. The highest BCUT2D eigenvalue weighted by Gasteiger charge is 2.30. The smallest absolute Gasteiger partial charge is 0.256 e. The van der Waals surface area contributed by atoms with Crippen LogP contribution in [-0.4, -0.2) is 85.8 Å². The standard InChI is InChI=1S/C36H38FN5O5/c1-40-12-4-6-22(40)9-11-39-36(44)26-21-42-28-20-30-24(23-7-2-3-8-29(23)46-30)19-31(28)47-35-32(27(37)18-25(33(35)42)34(26)43)38-10-5-13-41-14-16-45-17-15-41/h2-3,7-8,18-22,38H,4-6,9-17H2,1H3,(H,39,44). The third kappa shape index (κ3) is 5.42. The molecule has 3 aliphatic heterocycles. The number of rotatable bonds is 9. The molecule has 2 fully saturated rings. The van der Waals surface area contributed by atoms with Gasteiger partial charge in [0.25, 0.3) is 5.91 Å². The zero-order valence-electron chi connectivity index (χ0n) is 26.4. The van der Waals surface area contributed by atoms with E-state index >= 15 is 4.39 Å². The predicted octanol–water partition coefficient (Wildman–Crippen LogP) is 5.48. The average Bonchev–Trinajstić information content (AvgIpc) is 3.66. The van der Waals surface area contributed by atoms with Gasteiger partial charge >= 0.3 is 0 Å². The van der Waals surface area contributed by atoms with Gasteiger partial charge in [-0.1, -0.05) is 18.2 Å². The highest BCUT2D eigenvalue weighted by Crippen LogP contribution is 2.47. The number of hydrogen-bond donors (Lipinski definition) is 2. The number of aromatic nitrogens is 1. The Labute approximate surface area is 271 Å². The van der Waals surface area contributed by atoms with Crippen LogP contribution >= 0.6 is 0 Å². The maximum absolute atomic E-state index is 16.0. The number of carbonyl (C=O) groups excluding carboxylic acids is 1. The molecular formula is C36H38FN5O5. The van der Waals surface area contributed by atoms with Crippen LogP contribution in [0.3, 0.4) is 0 Å². The summed E-state index contributed by atoms with van der Waals surface area (Å²) >= 11 is 0. The number of fused-ring (bicyclic) bond motifs is 5. The van der Waals surface area contributed by atoms with Crippen LogP contribution in [0.25, 0.3) is 38.5 Å². The van der Waals surface area contributed by atoms with Crippen LogP contribution in [0.5, 0.6) is 11.5 Å². The minimum Gasteiger partial charge on any atom is -0.456 e. The minimum absolute atomic E-state index is 0.0496. The first-order valence-electron chi connectivity index (χ1n) is 16.5. The Morgan fingerprint density at radius 2 is 1.87 bits per heavy atom. The molecule has 3 aromatic carbocycles. The number of halogens is 1. The summed E-state index contributed by atoms with van der Waals surface area (Å²) in [7, 11) is 2.10. The topological polar surface area (TPSA) is 101 Å². The number of furan rings is 1. The molecule has 8 rings (SSSR count). The first-order chi connectivity index (χ1) is 23.0. The third-order valence-corrected chi connectivity index (χ3v) is 9.86. The lowest BCUT2D eigenvalue weighted by atomic mass is 10.0. The van der Waals surface area contributed by atoms with Crippen molar-refractivity contribution in [2.75, 3.05) is 64.8 Å². The number of para-hydroxylation sites is 1. The van der Waals surface area contributed by atoms with E-state index in [0.29, 0.717) is 41.7 Å². The number of nitrogens with one attached hydrogen (secondary N) is 2. The Kier molecular flexibility index (Phi) is 7.83. The lowest BCUT2D eigenvalue weighted by Gasteiger charge is -2.27. The van der Waals surface area contributed by atoms with Gasteiger partial charge in [0.05, 0.1) is 24.3 Å². The molecule has 11 heteroatoms. The second kappa shape index (κ2) is 12.3. The monoisotopic (exact) mass is 639 g/mol. The fraction of sp³-hybridized carbons (Fsp3) is 0.389. The van der Waals surface area contributed by atoms with E-state index in [1.165, 1.54) is 6.07 Å². The van der Waals surface area contributed by atoms with Crippen molar-refractivity contribution in [3.63, 3.8) is 0 Å². The molecule has 0 aliphatic carbocycles. The number of pyridine rings is 1. The minimum atomic E-state index is -0.609. The van der Waals surface area contributed by atoms with Crippen molar-refractivity contribution in [2.45, 2.75) is 31.7 Å². The van der Waals surface area contributed by atoms with Crippen molar-refractivity contribution >= 4 is 44.4 Å². The molecule has 5 heterocycles. The summed E-state index contributed by atoms with van der Waals surface area (Å²) in [5.41, 5.74) is 1.97. The largest absolute Gasteiger partial charge is 0.456 e. The average molecular weight is 640 g/mol. The van der Waals surface area contributed by atoms with Crippen molar-refractivity contribution < 1.29 is 23.1 Å². The summed E-state index contributed by atoms with van der Waals surface area (Å²) in [5, 5.41) is 8.07. The van der Waals surface area contributed by atoms with E-state index in [4.69, 9.17) is 13.9 Å². The summed E-state index contributed by atoms with van der Waals surface area (Å²) in [6.07, 6.45) is 5.37. The van der Waals surface area contributed by atoms with Crippen LogP contribution in [0.2, 0.25) is 0 Å². The summed E-state index contributed by atoms with van der Waals surface area (Å²) in [4.78, 5) is 32.0. The molecule has 47 heavy (non-hydrogen) atoms. The number of morpholine rings is 1. The summed E-state index contributed by atoms with van der Waals surface area (Å²) in [5.74, 6) is -0.396. The Morgan fingerprint density at radius 3 is 2.70 bits per heavy atom. The second-order valence-corrected chi connectivity index (χ2v) is 12.8. The molecule has 1 amide bonds. The molecule has 5 aromatic rings. The van der Waals surface area contributed by atoms with E-state index in [9.17, 15) is 9.59 Å². The molecule has 2 saturated heterocycles. The number of hydrogen-bond acceptors (Lipinski definition) is 8. The number of anilines is 1. The van der Waals surface area contributed by atoms with Crippen molar-refractivity contribution in [3.8, 4) is 17.2 Å². The normalized spacial score (nSPS) is 18.1. The first kappa shape index (κ1) is 29.9. The first-order valence-corrected chi connectivity index (χ1v) is 16.5. The van der Waals surface area contributed by atoms with Crippen molar-refractivity contribution in [1.82, 2.24) is 19.7 Å². The third-order valence-electron chi connectivity index (χ3n) is 9.86. The number of benzene rings is 3. The molecule has 1 unspecified atom stereocenters. The van der Waals surface area contributed by atoms with Crippen LogP contribution in [-0.2, 0) is 4.74 Å². The van der Waals surface area contributed by atoms with Crippen molar-refractivity contribution in [2.24, 2.45) is 0 Å². The van der Waals surface area contributed by atoms with Gasteiger partial charge in [-0.15, -0.1) is 0 Å². The van der Waals surface area contributed by atoms with Gasteiger partial charge in [-0.3, -0.25) is 14.5 Å². The molecule has 0 saturated carbocycles. The van der Waals surface area contributed by atoms with E-state index in [1.807, 2.05) is 36.4 Å². The quantitative estimate of drug-likeness (QED) is 0.201. The van der Waals surface area contributed by atoms with Crippen LogP contribution in [0.1, 0.15) is 36.0 Å². The molecule has 2 aromatic heterocycles. The van der Waals surface area contributed by atoms with E-state index in [1.54, 1.807) is 10.8 Å². The van der Waals surface area contributed by atoms with E-state index < -0.39 is 17.2 Å². The van der Waals surface area contributed by atoms with Gasteiger partial charge < -0.3 is 34.0 Å². The van der Waals surface area contributed by atoms with Gasteiger partial charge in [0.15, 0.2) is 17.3 Å². The molecular weight excluding hydrogens is 601 g/mol. The Morgan fingerprint density at radius 1 is 1.02 bits per heavy atom. The second-order valence-electron chi connectivity index (χ2n) is 12.8. The van der Waals surface area contributed by atoms with Crippen LogP contribution in [0.4, 0.5) is 10.1 Å². The number of nitrogens with zero attached hydrogens (tertiary/aromatic N) is 3. The van der Waals surface area contributed by atoms with Gasteiger partial charge in [0, 0.05) is 55.3 Å². The Bertz CT molecular complexity index is 2070. The maximum Gasteiger partial charge on any atom is 0.256 e. The number of likely N-dealkylation sites (tertiary alicyclic amines) is 1. The summed E-state index contributed by atoms with van der Waals surface area (Å²) < 4.78 is 35.9. The zero-order valence-corrected chi connectivity index (χ0v) is 26.4. The number of amides is 1. The SMILES string of the molecule is CN1CCCC1CCNC(=O)c1cn2c3c(c(NCCCN4CCOCC4)c(F)cc3c1=O)Oc1cc3c(cc1-2)oc1ccccc13. The van der Waals surface area contributed by atoms with Gasteiger partial charge in [-0.2, -0.15) is 0 Å². The molecule has 3 aliphatic rings. The van der Waals surface area contributed by atoms with Gasteiger partial charge in [-0.25, -0.2) is 4.39 Å². The summed E-state index contributed by atoms with van der Waals surface area (Å²) in [6.45, 7) is 6.06. The van der Waals surface area contributed by atoms with Crippen LogP contribution < -0.4 is 20.8 Å². The fourth-order valence-corrected chi connectivity index (χ4v) is 7.29. The van der Waals surface area contributed by atoms with Crippen LogP contribution in [0.15, 0.2) is 57.9 Å². The van der Waals surface area contributed by atoms with Gasteiger partial charge in [-0.05, 0) is 64.0 Å². The van der Waals surface area contributed by atoms with Crippen molar-refractivity contribution in [1.29, 1.82) is 0 Å². The van der Waals surface area contributed by atoms with E-state index in [-0.39, 0.29) is 22.4 Å². The van der Waals surface area contributed by atoms with Gasteiger partial charge in [0.2, 0.25) is 5.43 Å². The molecule has 1 atom stereocenters. The Balaban J connectivity index is 1.19.